The van der Waals surface area contributed by atoms with E-state index in [1.54, 1.807) is 12.1 Å². The average molecular weight is 329 g/mol. The highest BCUT2D eigenvalue weighted by Crippen LogP contribution is 2.29. The van der Waals surface area contributed by atoms with Gasteiger partial charge in [-0.25, -0.2) is 14.8 Å². The quantitative estimate of drug-likeness (QED) is 0.805. The Morgan fingerprint density at radius 3 is 2.88 bits per heavy atom. The van der Waals surface area contributed by atoms with E-state index < -0.39 is 0 Å². The maximum atomic E-state index is 13.5. The summed E-state index contributed by atoms with van der Waals surface area (Å²) in [5, 5.41) is 0. The fourth-order valence-corrected chi connectivity index (χ4v) is 3.98. The van der Waals surface area contributed by atoms with Crippen LogP contribution in [0, 0.1) is 11.7 Å². The highest BCUT2D eigenvalue weighted by atomic mass is 19.1. The standard InChI is InChI=1S/C18H24FN5/c19-16-3-1-2-14(10-16)17-15(11-22-23-17)12-24-8-4-13(5-9-24)18-20-6-7-21-18/h1-3,6-7,10,13,15,17,22-23H,4-5,8-9,11-12H2,(H,20,21). The summed E-state index contributed by atoms with van der Waals surface area (Å²) in [4.78, 5) is 10.2. The zero-order valence-corrected chi connectivity index (χ0v) is 13.7. The van der Waals surface area contributed by atoms with Crippen LogP contribution in [0.2, 0.25) is 0 Å². The molecule has 2 atom stereocenters. The number of likely N-dealkylation sites (tertiary alicyclic amines) is 1. The Hall–Kier alpha value is -1.76. The lowest BCUT2D eigenvalue weighted by Crippen LogP contribution is -2.38. The molecule has 2 aliphatic heterocycles. The molecule has 1 aromatic heterocycles. The number of piperidine rings is 1. The van der Waals surface area contributed by atoms with Gasteiger partial charge in [-0.15, -0.1) is 0 Å². The number of H-pyrrole nitrogens is 1. The van der Waals surface area contributed by atoms with Gasteiger partial charge in [0.05, 0.1) is 6.04 Å². The number of rotatable bonds is 4. The van der Waals surface area contributed by atoms with E-state index in [0.29, 0.717) is 11.8 Å². The van der Waals surface area contributed by atoms with Crippen LogP contribution in [0.15, 0.2) is 36.7 Å². The average Bonchev–Trinajstić information content (AvgIpc) is 3.27. The molecule has 0 radical (unpaired) electrons. The number of aromatic nitrogens is 2. The minimum absolute atomic E-state index is 0.167. The monoisotopic (exact) mass is 329 g/mol. The molecule has 0 aliphatic carbocycles. The van der Waals surface area contributed by atoms with E-state index >= 15 is 0 Å². The number of nitrogens with one attached hydrogen (secondary N) is 3. The number of hydrazine groups is 1. The maximum absolute atomic E-state index is 13.5. The molecule has 3 N–H and O–H groups in total. The highest BCUT2D eigenvalue weighted by Gasteiger charge is 2.31. The van der Waals surface area contributed by atoms with Crippen molar-refractivity contribution in [3.8, 4) is 0 Å². The van der Waals surface area contributed by atoms with Crippen molar-refractivity contribution in [3.63, 3.8) is 0 Å². The Kier molecular flexibility index (Phi) is 4.60. The minimum Gasteiger partial charge on any atom is -0.348 e. The molecule has 5 nitrogen and oxygen atoms in total. The molecule has 0 bridgehead atoms. The normalized spacial score (nSPS) is 26.0. The third-order valence-electron chi connectivity index (χ3n) is 5.29. The molecule has 3 heterocycles. The summed E-state index contributed by atoms with van der Waals surface area (Å²) < 4.78 is 13.5. The van der Waals surface area contributed by atoms with Crippen LogP contribution < -0.4 is 10.9 Å². The fourth-order valence-electron chi connectivity index (χ4n) is 3.98. The van der Waals surface area contributed by atoms with Gasteiger partial charge in [0.2, 0.25) is 0 Å². The van der Waals surface area contributed by atoms with Crippen molar-refractivity contribution in [1.82, 2.24) is 25.7 Å². The first-order valence-electron chi connectivity index (χ1n) is 8.75. The molecule has 0 amide bonds. The fraction of sp³-hybridized carbons (Fsp3) is 0.500. The summed E-state index contributed by atoms with van der Waals surface area (Å²) in [5.41, 5.74) is 7.58. The molecule has 2 aromatic rings. The second kappa shape index (κ2) is 7.01. The molecule has 0 spiro atoms. The predicted molar refractivity (Wildman–Crippen MR) is 90.8 cm³/mol. The first kappa shape index (κ1) is 15.7. The van der Waals surface area contributed by atoms with Gasteiger partial charge >= 0.3 is 0 Å². The maximum Gasteiger partial charge on any atom is 0.123 e. The molecule has 2 aliphatic rings. The van der Waals surface area contributed by atoms with Crippen molar-refractivity contribution in [2.45, 2.75) is 24.8 Å². The van der Waals surface area contributed by atoms with Gasteiger partial charge in [0.25, 0.3) is 0 Å². The number of halogens is 1. The molecular formula is C18H24FN5. The Morgan fingerprint density at radius 1 is 1.25 bits per heavy atom. The van der Waals surface area contributed by atoms with E-state index in [2.05, 4.69) is 25.7 Å². The topological polar surface area (TPSA) is 56.0 Å². The smallest absolute Gasteiger partial charge is 0.123 e. The molecule has 24 heavy (non-hydrogen) atoms. The SMILES string of the molecule is Fc1cccc(C2NNCC2CN2CCC(c3ncc[nH]3)CC2)c1. The summed E-state index contributed by atoms with van der Waals surface area (Å²) in [6.45, 7) is 4.14. The molecule has 2 unspecified atom stereocenters. The number of imidazole rings is 1. The van der Waals surface area contributed by atoms with Crippen LogP contribution in [0.1, 0.15) is 36.2 Å². The molecule has 2 fully saturated rings. The van der Waals surface area contributed by atoms with E-state index in [9.17, 15) is 4.39 Å². The Labute approximate surface area is 141 Å². The number of hydrogen-bond donors (Lipinski definition) is 3. The van der Waals surface area contributed by atoms with Crippen LogP contribution in [0.25, 0.3) is 0 Å². The first-order valence-corrected chi connectivity index (χ1v) is 8.75. The van der Waals surface area contributed by atoms with E-state index in [-0.39, 0.29) is 11.9 Å². The molecule has 6 heteroatoms. The molecule has 2 saturated heterocycles. The molecule has 0 saturated carbocycles. The predicted octanol–water partition coefficient (Wildman–Crippen LogP) is 2.19. The summed E-state index contributed by atoms with van der Waals surface area (Å²) >= 11 is 0. The van der Waals surface area contributed by atoms with Crippen molar-refractivity contribution in [3.05, 3.63) is 53.9 Å². The van der Waals surface area contributed by atoms with E-state index in [0.717, 1.165) is 50.4 Å². The van der Waals surface area contributed by atoms with Gasteiger partial charge < -0.3 is 9.88 Å². The van der Waals surface area contributed by atoms with E-state index in [1.807, 2.05) is 18.5 Å². The van der Waals surface area contributed by atoms with Gasteiger partial charge in [-0.1, -0.05) is 12.1 Å². The largest absolute Gasteiger partial charge is 0.348 e. The summed E-state index contributed by atoms with van der Waals surface area (Å²) in [6, 6.07) is 7.10. The van der Waals surface area contributed by atoms with Crippen LogP contribution in [-0.2, 0) is 0 Å². The van der Waals surface area contributed by atoms with Crippen molar-refractivity contribution in [2.24, 2.45) is 5.92 Å². The minimum atomic E-state index is -0.167. The van der Waals surface area contributed by atoms with E-state index in [4.69, 9.17) is 0 Å². The van der Waals surface area contributed by atoms with Crippen molar-refractivity contribution >= 4 is 0 Å². The van der Waals surface area contributed by atoms with Gasteiger partial charge in [-0.05, 0) is 43.6 Å². The molecular weight excluding hydrogens is 305 g/mol. The summed E-state index contributed by atoms with van der Waals surface area (Å²) in [5.74, 6) is 1.96. The zero-order chi connectivity index (χ0) is 16.4. The number of aromatic amines is 1. The van der Waals surface area contributed by atoms with Crippen LogP contribution >= 0.6 is 0 Å². The van der Waals surface area contributed by atoms with Gasteiger partial charge in [-0.3, -0.25) is 5.43 Å². The lowest BCUT2D eigenvalue weighted by atomic mass is 9.91. The number of hydrogen-bond acceptors (Lipinski definition) is 4. The number of nitrogens with zero attached hydrogens (tertiary/aromatic N) is 2. The van der Waals surface area contributed by atoms with Crippen molar-refractivity contribution < 1.29 is 4.39 Å². The lowest BCUT2D eigenvalue weighted by Gasteiger charge is -2.33. The third-order valence-corrected chi connectivity index (χ3v) is 5.29. The van der Waals surface area contributed by atoms with Crippen molar-refractivity contribution in [2.75, 3.05) is 26.2 Å². The van der Waals surface area contributed by atoms with Crippen LogP contribution in [-0.4, -0.2) is 41.0 Å². The Bertz CT molecular complexity index is 651. The third kappa shape index (κ3) is 3.36. The van der Waals surface area contributed by atoms with Gasteiger partial charge in [0.15, 0.2) is 0 Å². The van der Waals surface area contributed by atoms with Gasteiger partial charge in [0.1, 0.15) is 11.6 Å². The highest BCUT2D eigenvalue weighted by molar-refractivity contribution is 5.22. The molecule has 1 aromatic carbocycles. The van der Waals surface area contributed by atoms with Crippen molar-refractivity contribution in [1.29, 1.82) is 0 Å². The van der Waals surface area contributed by atoms with Gasteiger partial charge in [0, 0.05) is 37.3 Å². The zero-order valence-electron chi connectivity index (χ0n) is 13.7. The lowest BCUT2D eigenvalue weighted by molar-refractivity contribution is 0.178. The number of benzene rings is 1. The molecule has 128 valence electrons. The van der Waals surface area contributed by atoms with Gasteiger partial charge in [-0.2, -0.15) is 0 Å². The Balaban J connectivity index is 1.35. The second-order valence-corrected chi connectivity index (χ2v) is 6.87. The van der Waals surface area contributed by atoms with Crippen LogP contribution in [0.5, 0.6) is 0 Å². The molecule has 4 rings (SSSR count). The second-order valence-electron chi connectivity index (χ2n) is 6.87. The van der Waals surface area contributed by atoms with Crippen LogP contribution in [0.4, 0.5) is 4.39 Å². The Morgan fingerprint density at radius 2 is 2.12 bits per heavy atom. The van der Waals surface area contributed by atoms with Crippen LogP contribution in [0.3, 0.4) is 0 Å². The summed E-state index contributed by atoms with van der Waals surface area (Å²) in [7, 11) is 0. The van der Waals surface area contributed by atoms with E-state index in [1.165, 1.54) is 6.07 Å². The first-order chi connectivity index (χ1) is 11.8. The summed E-state index contributed by atoms with van der Waals surface area (Å²) in [6.07, 6.45) is 6.03.